The monoisotopic (exact) mass is 248 g/mol. The second-order valence-electron chi connectivity index (χ2n) is 5.59. The summed E-state index contributed by atoms with van der Waals surface area (Å²) in [5.41, 5.74) is 0.300. The average Bonchev–Trinajstić information content (AvgIpc) is 2.34. The highest BCUT2D eigenvalue weighted by atomic mass is 16.1. The Kier molecular flexibility index (Phi) is 2.86. The third-order valence-electron chi connectivity index (χ3n) is 4.30. The molecule has 2 N–H and O–H groups in total. The molecular formula is C13H20N4O. The lowest BCUT2D eigenvalue weighted by atomic mass is 9.70. The van der Waals surface area contributed by atoms with Crippen molar-refractivity contribution in [3.05, 3.63) is 22.7 Å². The van der Waals surface area contributed by atoms with Crippen LogP contribution in [0.15, 0.2) is 17.2 Å². The molecule has 3 rings (SSSR count). The zero-order chi connectivity index (χ0) is 12.6. The van der Waals surface area contributed by atoms with Crippen LogP contribution in [0.5, 0.6) is 0 Å². The maximum Gasteiger partial charge on any atom is 0.293 e. The van der Waals surface area contributed by atoms with Gasteiger partial charge in [-0.25, -0.2) is 4.98 Å². The van der Waals surface area contributed by atoms with Crippen molar-refractivity contribution in [3.8, 4) is 0 Å². The van der Waals surface area contributed by atoms with Gasteiger partial charge in [0.25, 0.3) is 5.56 Å². The van der Waals surface area contributed by atoms with Crippen LogP contribution in [-0.4, -0.2) is 27.7 Å². The molecular weight excluding hydrogens is 228 g/mol. The Morgan fingerprint density at radius 1 is 1.56 bits per heavy atom. The van der Waals surface area contributed by atoms with Gasteiger partial charge in [0, 0.05) is 31.0 Å². The largest absolute Gasteiger partial charge is 0.363 e. The Labute approximate surface area is 107 Å². The number of hydrogen-bond donors (Lipinski definition) is 2. The number of piperidine rings is 1. The maximum atomic E-state index is 11.9. The van der Waals surface area contributed by atoms with Crippen LogP contribution in [0.4, 0.5) is 5.82 Å². The molecule has 1 saturated carbocycles. The second kappa shape index (κ2) is 4.39. The fourth-order valence-electron chi connectivity index (χ4n) is 3.06. The fourth-order valence-corrected chi connectivity index (χ4v) is 3.06. The number of anilines is 1. The smallest absolute Gasteiger partial charge is 0.293 e. The highest BCUT2D eigenvalue weighted by Crippen LogP contribution is 2.38. The highest BCUT2D eigenvalue weighted by molar-refractivity contribution is 5.33. The SMILES string of the molecule is Cn1ccnc(NC2CCNC3(CCC3)C2)c1=O. The van der Waals surface area contributed by atoms with Gasteiger partial charge in [0.05, 0.1) is 0 Å². The summed E-state index contributed by atoms with van der Waals surface area (Å²) in [4.78, 5) is 16.1. The zero-order valence-corrected chi connectivity index (χ0v) is 10.8. The molecule has 2 aliphatic rings. The number of hydrogen-bond acceptors (Lipinski definition) is 4. The van der Waals surface area contributed by atoms with E-state index >= 15 is 0 Å². The molecule has 1 saturated heterocycles. The van der Waals surface area contributed by atoms with Crippen LogP contribution in [0, 0.1) is 0 Å². The van der Waals surface area contributed by atoms with Gasteiger partial charge in [-0.05, 0) is 38.6 Å². The molecule has 98 valence electrons. The first-order valence-corrected chi connectivity index (χ1v) is 6.72. The van der Waals surface area contributed by atoms with E-state index in [9.17, 15) is 4.79 Å². The van der Waals surface area contributed by atoms with Gasteiger partial charge in [-0.15, -0.1) is 0 Å². The molecule has 1 aromatic rings. The Morgan fingerprint density at radius 3 is 3.11 bits per heavy atom. The number of rotatable bonds is 2. The Balaban J connectivity index is 1.72. The van der Waals surface area contributed by atoms with Crippen LogP contribution in [0.25, 0.3) is 0 Å². The van der Waals surface area contributed by atoms with Gasteiger partial charge in [-0.1, -0.05) is 0 Å². The second-order valence-corrected chi connectivity index (χ2v) is 5.59. The van der Waals surface area contributed by atoms with E-state index in [4.69, 9.17) is 0 Å². The van der Waals surface area contributed by atoms with Crippen molar-refractivity contribution in [2.75, 3.05) is 11.9 Å². The molecule has 5 nitrogen and oxygen atoms in total. The Morgan fingerprint density at radius 2 is 2.39 bits per heavy atom. The van der Waals surface area contributed by atoms with E-state index in [2.05, 4.69) is 15.6 Å². The summed E-state index contributed by atoms with van der Waals surface area (Å²) in [6.07, 6.45) is 9.38. The van der Waals surface area contributed by atoms with Crippen molar-refractivity contribution in [1.29, 1.82) is 0 Å². The fraction of sp³-hybridized carbons (Fsp3) is 0.692. The predicted octanol–water partition coefficient (Wildman–Crippen LogP) is 0.867. The van der Waals surface area contributed by atoms with Crippen LogP contribution in [0.1, 0.15) is 32.1 Å². The van der Waals surface area contributed by atoms with Crippen LogP contribution in [0.2, 0.25) is 0 Å². The minimum absolute atomic E-state index is 0.0429. The molecule has 1 aliphatic carbocycles. The molecule has 0 amide bonds. The summed E-state index contributed by atoms with van der Waals surface area (Å²) < 4.78 is 1.57. The van der Waals surface area contributed by atoms with Gasteiger partial charge in [0.1, 0.15) is 0 Å². The molecule has 18 heavy (non-hydrogen) atoms. The molecule has 2 fully saturated rings. The van der Waals surface area contributed by atoms with Gasteiger partial charge in [-0.3, -0.25) is 4.79 Å². The van der Waals surface area contributed by atoms with Crippen molar-refractivity contribution < 1.29 is 0 Å². The molecule has 5 heteroatoms. The van der Waals surface area contributed by atoms with E-state index < -0.39 is 0 Å². The van der Waals surface area contributed by atoms with Gasteiger partial charge >= 0.3 is 0 Å². The summed E-state index contributed by atoms with van der Waals surface area (Å²) >= 11 is 0. The first-order valence-electron chi connectivity index (χ1n) is 6.72. The van der Waals surface area contributed by atoms with Crippen molar-refractivity contribution in [3.63, 3.8) is 0 Å². The van der Waals surface area contributed by atoms with Crippen molar-refractivity contribution in [1.82, 2.24) is 14.9 Å². The molecule has 1 atom stereocenters. The topological polar surface area (TPSA) is 59.0 Å². The molecule has 1 spiro atoms. The minimum atomic E-state index is -0.0429. The van der Waals surface area contributed by atoms with Crippen LogP contribution < -0.4 is 16.2 Å². The average molecular weight is 248 g/mol. The number of aromatic nitrogens is 2. The van der Waals surface area contributed by atoms with E-state index in [0.717, 1.165) is 19.4 Å². The van der Waals surface area contributed by atoms with Crippen LogP contribution in [0.3, 0.4) is 0 Å². The molecule has 0 radical (unpaired) electrons. The number of aryl methyl sites for hydroxylation is 1. The van der Waals surface area contributed by atoms with E-state index in [-0.39, 0.29) is 5.56 Å². The lowest BCUT2D eigenvalue weighted by molar-refractivity contribution is 0.135. The molecule has 1 aromatic heterocycles. The Bertz CT molecular complexity index is 492. The van der Waals surface area contributed by atoms with Crippen LogP contribution >= 0.6 is 0 Å². The van der Waals surface area contributed by atoms with E-state index in [0.29, 0.717) is 17.4 Å². The van der Waals surface area contributed by atoms with Crippen LogP contribution in [-0.2, 0) is 7.05 Å². The number of nitrogens with one attached hydrogen (secondary N) is 2. The van der Waals surface area contributed by atoms with Gasteiger partial charge in [0.2, 0.25) is 0 Å². The van der Waals surface area contributed by atoms with E-state index in [1.54, 1.807) is 24.0 Å². The normalized spacial score (nSPS) is 25.7. The predicted molar refractivity (Wildman–Crippen MR) is 70.7 cm³/mol. The quantitative estimate of drug-likeness (QED) is 0.815. The summed E-state index contributed by atoms with van der Waals surface area (Å²) in [6.45, 7) is 1.03. The third kappa shape index (κ3) is 2.03. The van der Waals surface area contributed by atoms with E-state index in [1.165, 1.54) is 19.3 Å². The summed E-state index contributed by atoms with van der Waals surface area (Å²) in [5, 5.41) is 6.96. The maximum absolute atomic E-state index is 11.9. The first kappa shape index (κ1) is 11.7. The van der Waals surface area contributed by atoms with Gasteiger partial charge < -0.3 is 15.2 Å². The van der Waals surface area contributed by atoms with E-state index in [1.807, 2.05) is 0 Å². The molecule has 0 aromatic carbocycles. The van der Waals surface area contributed by atoms with Gasteiger partial charge in [0.15, 0.2) is 5.82 Å². The van der Waals surface area contributed by atoms with Crippen molar-refractivity contribution in [2.45, 2.75) is 43.7 Å². The lowest BCUT2D eigenvalue weighted by Crippen LogP contribution is -2.58. The lowest BCUT2D eigenvalue weighted by Gasteiger charge is -2.48. The summed E-state index contributed by atoms with van der Waals surface area (Å²) in [5.74, 6) is 0.487. The number of nitrogens with zero attached hydrogens (tertiary/aromatic N) is 2. The molecule has 1 aliphatic heterocycles. The third-order valence-corrected chi connectivity index (χ3v) is 4.30. The minimum Gasteiger partial charge on any atom is -0.363 e. The van der Waals surface area contributed by atoms with Crippen molar-refractivity contribution >= 4 is 5.82 Å². The van der Waals surface area contributed by atoms with Gasteiger partial charge in [-0.2, -0.15) is 0 Å². The first-order chi connectivity index (χ1) is 8.69. The standard InChI is InChI=1S/C13H20N4O/c1-17-8-7-14-11(12(17)18)16-10-3-6-15-13(9-10)4-2-5-13/h7-8,10,15H,2-6,9H2,1H3,(H,14,16). The summed E-state index contributed by atoms with van der Waals surface area (Å²) in [7, 11) is 1.76. The zero-order valence-electron chi connectivity index (χ0n) is 10.8. The molecule has 0 bridgehead atoms. The highest BCUT2D eigenvalue weighted by Gasteiger charge is 2.40. The molecule has 1 unspecified atom stereocenters. The summed E-state index contributed by atoms with van der Waals surface area (Å²) in [6, 6.07) is 0.370. The molecule has 2 heterocycles. The Hall–Kier alpha value is -1.36. The van der Waals surface area contributed by atoms with Crippen molar-refractivity contribution in [2.24, 2.45) is 7.05 Å².